The molecule has 34 heavy (non-hydrogen) atoms. The van der Waals surface area contributed by atoms with Crippen molar-refractivity contribution in [1.82, 2.24) is 24.7 Å². The summed E-state index contributed by atoms with van der Waals surface area (Å²) in [5.74, 6) is 2.77. The van der Waals surface area contributed by atoms with E-state index in [2.05, 4.69) is 16.7 Å². The van der Waals surface area contributed by atoms with Gasteiger partial charge in [-0.1, -0.05) is 6.92 Å². The normalized spacial score (nSPS) is 24.1. The number of morpholine rings is 1. The van der Waals surface area contributed by atoms with Crippen molar-refractivity contribution in [1.29, 1.82) is 0 Å². The maximum atomic E-state index is 12.9. The molecule has 1 unspecified atom stereocenters. The number of fused-ring (bicyclic) bond motifs is 3. The second-order valence-corrected chi connectivity index (χ2v) is 11.4. The Morgan fingerprint density at radius 1 is 1.00 bits per heavy atom. The minimum atomic E-state index is 0.222. The van der Waals surface area contributed by atoms with E-state index in [0.717, 1.165) is 120 Å². The van der Waals surface area contributed by atoms with Crippen LogP contribution in [0.1, 0.15) is 42.5 Å². The van der Waals surface area contributed by atoms with Crippen LogP contribution >= 0.6 is 11.3 Å². The van der Waals surface area contributed by atoms with Gasteiger partial charge in [0.05, 0.1) is 25.1 Å². The Morgan fingerprint density at radius 2 is 1.74 bits per heavy atom. The number of ether oxygens (including phenoxy) is 1. The molecule has 0 aromatic carbocycles. The van der Waals surface area contributed by atoms with E-state index in [4.69, 9.17) is 14.7 Å². The summed E-state index contributed by atoms with van der Waals surface area (Å²) >= 11 is 1.89. The molecule has 1 atom stereocenters. The summed E-state index contributed by atoms with van der Waals surface area (Å²) in [4.78, 5) is 34.7. The van der Waals surface area contributed by atoms with E-state index in [9.17, 15) is 4.79 Å². The van der Waals surface area contributed by atoms with Crippen LogP contribution in [0.4, 0.5) is 10.6 Å². The van der Waals surface area contributed by atoms with Crippen molar-refractivity contribution in [3.05, 3.63) is 16.3 Å². The number of anilines is 1. The number of hydrogen-bond acceptors (Lipinski definition) is 7. The van der Waals surface area contributed by atoms with Crippen molar-refractivity contribution in [2.75, 3.05) is 70.5 Å². The number of carbonyl (C=O) groups is 1. The molecule has 0 radical (unpaired) electrons. The van der Waals surface area contributed by atoms with Crippen LogP contribution in [0.15, 0.2) is 0 Å². The summed E-state index contributed by atoms with van der Waals surface area (Å²) in [7, 11) is 0. The van der Waals surface area contributed by atoms with Gasteiger partial charge >= 0.3 is 6.03 Å². The van der Waals surface area contributed by atoms with Gasteiger partial charge in [-0.25, -0.2) is 14.8 Å². The molecule has 1 aliphatic carbocycles. The number of rotatable bonds is 3. The predicted molar refractivity (Wildman–Crippen MR) is 135 cm³/mol. The molecule has 3 saturated heterocycles. The number of hydrogen-bond donors (Lipinski definition) is 0. The van der Waals surface area contributed by atoms with Gasteiger partial charge in [0, 0.05) is 57.2 Å². The highest BCUT2D eigenvalue weighted by Crippen LogP contribution is 2.41. The predicted octanol–water partition coefficient (Wildman–Crippen LogP) is 2.99. The van der Waals surface area contributed by atoms with Crippen LogP contribution in [0.5, 0.6) is 0 Å². The van der Waals surface area contributed by atoms with E-state index >= 15 is 0 Å². The first-order valence-electron chi connectivity index (χ1n) is 13.1. The van der Waals surface area contributed by atoms with Crippen LogP contribution in [0.2, 0.25) is 0 Å². The fourth-order valence-corrected chi connectivity index (χ4v) is 7.24. The number of likely N-dealkylation sites (tertiary alicyclic amines) is 1. The Labute approximate surface area is 205 Å². The summed E-state index contributed by atoms with van der Waals surface area (Å²) in [6.45, 7) is 11.6. The Balaban J connectivity index is 1.28. The van der Waals surface area contributed by atoms with Crippen molar-refractivity contribution in [3.8, 4) is 0 Å². The molecule has 0 N–H and O–H groups in total. The quantitative estimate of drug-likeness (QED) is 0.668. The van der Waals surface area contributed by atoms with Crippen molar-refractivity contribution in [2.45, 2.75) is 45.6 Å². The molecule has 4 aliphatic rings. The first-order valence-corrected chi connectivity index (χ1v) is 13.9. The van der Waals surface area contributed by atoms with Gasteiger partial charge in [0.2, 0.25) is 0 Å². The van der Waals surface area contributed by atoms with Gasteiger partial charge in [-0.05, 0) is 43.6 Å². The Bertz CT molecular complexity index is 1040. The lowest BCUT2D eigenvalue weighted by atomic mass is 9.89. The van der Waals surface area contributed by atoms with Crippen molar-refractivity contribution in [3.63, 3.8) is 0 Å². The van der Waals surface area contributed by atoms with Gasteiger partial charge in [-0.3, -0.25) is 4.90 Å². The average molecular weight is 485 g/mol. The molecule has 2 aromatic heterocycles. The number of aryl methyl sites for hydroxylation is 1. The molecule has 2 aromatic rings. The summed E-state index contributed by atoms with van der Waals surface area (Å²) in [5, 5.41) is 1.29. The van der Waals surface area contributed by atoms with Gasteiger partial charge < -0.3 is 19.4 Å². The molecule has 184 valence electrons. The highest BCUT2D eigenvalue weighted by atomic mass is 32.1. The molecule has 0 spiro atoms. The van der Waals surface area contributed by atoms with Crippen LogP contribution in [0, 0.1) is 5.92 Å². The van der Waals surface area contributed by atoms with Crippen LogP contribution in [-0.2, 0) is 24.1 Å². The minimum absolute atomic E-state index is 0.222. The molecular formula is C25H36N6O2S. The smallest absolute Gasteiger partial charge is 0.320 e. The standard InChI is InChI=1S/C25H36N6O2S/c1-18-4-5-19-20(16-18)34-24-22(19)23(26-21(27-24)17-28-12-14-33-15-13-28)29-8-10-31(11-9-29)25(32)30-6-2-3-7-30/h18H,2-17H2,1H3. The third-order valence-electron chi connectivity index (χ3n) is 7.88. The highest BCUT2D eigenvalue weighted by molar-refractivity contribution is 7.19. The topological polar surface area (TPSA) is 65.0 Å². The maximum Gasteiger partial charge on any atom is 0.320 e. The Morgan fingerprint density at radius 3 is 2.50 bits per heavy atom. The molecule has 3 fully saturated rings. The lowest BCUT2D eigenvalue weighted by Gasteiger charge is -2.37. The van der Waals surface area contributed by atoms with E-state index < -0.39 is 0 Å². The second-order valence-electron chi connectivity index (χ2n) is 10.3. The summed E-state index contributed by atoms with van der Waals surface area (Å²) in [6.07, 6.45) is 5.80. The zero-order valence-electron chi connectivity index (χ0n) is 20.3. The van der Waals surface area contributed by atoms with Crippen molar-refractivity contribution < 1.29 is 9.53 Å². The number of urea groups is 1. The Kier molecular flexibility index (Phi) is 6.34. The lowest BCUT2D eigenvalue weighted by molar-refractivity contribution is 0.0331. The number of piperazine rings is 1. The third kappa shape index (κ3) is 4.38. The van der Waals surface area contributed by atoms with Gasteiger partial charge in [-0.15, -0.1) is 11.3 Å². The van der Waals surface area contributed by atoms with Gasteiger partial charge in [0.1, 0.15) is 16.5 Å². The minimum Gasteiger partial charge on any atom is -0.379 e. The van der Waals surface area contributed by atoms with Crippen molar-refractivity contribution >= 4 is 33.4 Å². The molecule has 8 nitrogen and oxygen atoms in total. The molecule has 3 aliphatic heterocycles. The van der Waals surface area contributed by atoms with Crippen LogP contribution in [0.3, 0.4) is 0 Å². The van der Waals surface area contributed by atoms with E-state index in [1.54, 1.807) is 0 Å². The SMILES string of the molecule is CC1CCc2c(sc3nc(CN4CCOCC4)nc(N4CCN(C(=O)N5CCCC5)CC4)c23)C1. The first kappa shape index (κ1) is 22.5. The fraction of sp³-hybridized carbons (Fsp3) is 0.720. The number of nitrogens with zero attached hydrogens (tertiary/aromatic N) is 6. The number of thiophene rings is 1. The molecule has 0 bridgehead atoms. The zero-order chi connectivity index (χ0) is 23.1. The molecule has 6 rings (SSSR count). The van der Waals surface area contributed by atoms with Crippen molar-refractivity contribution in [2.24, 2.45) is 5.92 Å². The van der Waals surface area contributed by atoms with Crippen LogP contribution in [0.25, 0.3) is 10.2 Å². The first-order chi connectivity index (χ1) is 16.7. The van der Waals surface area contributed by atoms with E-state index in [1.165, 1.54) is 22.2 Å². The van der Waals surface area contributed by atoms with E-state index in [-0.39, 0.29) is 6.03 Å². The molecule has 0 saturated carbocycles. The van der Waals surface area contributed by atoms with Gasteiger partial charge in [-0.2, -0.15) is 0 Å². The van der Waals surface area contributed by atoms with E-state index in [1.807, 2.05) is 21.1 Å². The van der Waals surface area contributed by atoms with Crippen LogP contribution < -0.4 is 4.90 Å². The maximum absolute atomic E-state index is 12.9. The zero-order valence-corrected chi connectivity index (χ0v) is 21.1. The molecule has 9 heteroatoms. The van der Waals surface area contributed by atoms with Gasteiger partial charge in [0.15, 0.2) is 0 Å². The Hall–Kier alpha value is -1.97. The monoisotopic (exact) mass is 484 g/mol. The van der Waals surface area contributed by atoms with E-state index in [0.29, 0.717) is 0 Å². The molecule has 2 amide bonds. The summed E-state index contributed by atoms with van der Waals surface area (Å²) in [5.41, 5.74) is 1.49. The fourth-order valence-electron chi connectivity index (χ4n) is 5.84. The highest BCUT2D eigenvalue weighted by Gasteiger charge is 2.30. The molecule has 5 heterocycles. The third-order valence-corrected chi connectivity index (χ3v) is 9.03. The molecular weight excluding hydrogens is 448 g/mol. The summed E-state index contributed by atoms with van der Waals surface area (Å²) in [6, 6.07) is 0.222. The largest absolute Gasteiger partial charge is 0.379 e. The van der Waals surface area contributed by atoms with Gasteiger partial charge in [0.25, 0.3) is 0 Å². The van der Waals surface area contributed by atoms with Crippen LogP contribution in [-0.4, -0.2) is 96.3 Å². The number of aromatic nitrogens is 2. The second kappa shape index (κ2) is 9.59. The number of carbonyl (C=O) groups excluding carboxylic acids is 1. The lowest BCUT2D eigenvalue weighted by Crippen LogP contribution is -2.52. The average Bonchev–Trinajstić information content (AvgIpc) is 3.52. The number of amides is 2. The summed E-state index contributed by atoms with van der Waals surface area (Å²) < 4.78 is 5.53.